The summed E-state index contributed by atoms with van der Waals surface area (Å²) < 4.78 is 10.9. The summed E-state index contributed by atoms with van der Waals surface area (Å²) in [5.41, 5.74) is 8.07. The Morgan fingerprint density at radius 1 is 1.17 bits per heavy atom. The van der Waals surface area contributed by atoms with E-state index < -0.39 is 5.91 Å². The lowest BCUT2D eigenvalue weighted by molar-refractivity contribution is 0.0996. The van der Waals surface area contributed by atoms with E-state index in [1.165, 1.54) is 0 Å². The highest BCUT2D eigenvalue weighted by Gasteiger charge is 2.20. The fourth-order valence-corrected chi connectivity index (χ4v) is 2.31. The zero-order valence-electron chi connectivity index (χ0n) is 13.4. The van der Waals surface area contributed by atoms with Crippen molar-refractivity contribution in [3.8, 4) is 17.1 Å². The van der Waals surface area contributed by atoms with Crippen LogP contribution in [0.15, 0.2) is 52.9 Å². The van der Waals surface area contributed by atoms with Gasteiger partial charge in [0.2, 0.25) is 0 Å². The van der Waals surface area contributed by atoms with E-state index in [4.69, 9.17) is 14.9 Å². The van der Waals surface area contributed by atoms with Crippen LogP contribution < -0.4 is 15.8 Å². The summed E-state index contributed by atoms with van der Waals surface area (Å²) in [6.07, 6.45) is 0. The van der Waals surface area contributed by atoms with Gasteiger partial charge in [-0.3, -0.25) is 4.79 Å². The number of aromatic nitrogens is 1. The zero-order chi connectivity index (χ0) is 17.1. The van der Waals surface area contributed by atoms with Crippen molar-refractivity contribution < 1.29 is 13.9 Å². The van der Waals surface area contributed by atoms with E-state index >= 15 is 0 Å². The maximum atomic E-state index is 11.7. The minimum absolute atomic E-state index is 0.0799. The first-order valence-electron chi connectivity index (χ1n) is 7.36. The van der Waals surface area contributed by atoms with Gasteiger partial charge in [0, 0.05) is 11.3 Å². The first kappa shape index (κ1) is 15.6. The molecule has 0 unspecified atom stereocenters. The molecule has 0 aliphatic rings. The van der Waals surface area contributed by atoms with E-state index in [9.17, 15) is 4.79 Å². The number of oxazole rings is 1. The van der Waals surface area contributed by atoms with Crippen molar-refractivity contribution in [2.75, 3.05) is 12.4 Å². The first-order chi connectivity index (χ1) is 11.6. The number of nitrogens with zero attached hydrogens (tertiary/aromatic N) is 1. The molecule has 6 heteroatoms. The van der Waals surface area contributed by atoms with Gasteiger partial charge < -0.3 is 20.2 Å². The number of nitrogens with one attached hydrogen (secondary N) is 1. The van der Waals surface area contributed by atoms with Crippen molar-refractivity contribution in [3.05, 3.63) is 59.8 Å². The molecule has 0 saturated heterocycles. The minimum Gasteiger partial charge on any atom is -0.497 e. The molecule has 122 valence electrons. The molecule has 0 saturated carbocycles. The number of primary amides is 1. The molecule has 1 aromatic heterocycles. The third-order valence-electron chi connectivity index (χ3n) is 3.60. The van der Waals surface area contributed by atoms with Crippen LogP contribution in [0.25, 0.3) is 11.3 Å². The summed E-state index contributed by atoms with van der Waals surface area (Å²) in [7, 11) is 1.59. The second-order valence-electron chi connectivity index (χ2n) is 5.23. The number of ether oxygens (including phenoxy) is 1. The average Bonchev–Trinajstić information content (AvgIpc) is 3.01. The summed E-state index contributed by atoms with van der Waals surface area (Å²) >= 11 is 0. The Morgan fingerprint density at radius 3 is 2.50 bits per heavy atom. The second-order valence-corrected chi connectivity index (χ2v) is 5.23. The molecular formula is C18H17N3O3. The fourth-order valence-electron chi connectivity index (χ4n) is 2.31. The van der Waals surface area contributed by atoms with Crippen molar-refractivity contribution in [2.24, 2.45) is 5.73 Å². The van der Waals surface area contributed by atoms with Crippen LogP contribution in [0.1, 0.15) is 16.1 Å². The lowest BCUT2D eigenvalue weighted by Gasteiger charge is -2.04. The molecule has 3 aromatic rings. The largest absolute Gasteiger partial charge is 0.497 e. The Morgan fingerprint density at radius 2 is 1.88 bits per heavy atom. The number of benzene rings is 2. The summed E-state index contributed by atoms with van der Waals surface area (Å²) in [6, 6.07) is 15.0. The van der Waals surface area contributed by atoms with Gasteiger partial charge in [-0.05, 0) is 42.8 Å². The van der Waals surface area contributed by atoms with Crippen LogP contribution >= 0.6 is 0 Å². The number of methoxy groups -OCH3 is 1. The fraction of sp³-hybridized carbons (Fsp3) is 0.111. The molecule has 24 heavy (non-hydrogen) atoms. The molecule has 3 N–H and O–H groups in total. The van der Waals surface area contributed by atoms with E-state index in [-0.39, 0.29) is 11.7 Å². The van der Waals surface area contributed by atoms with Gasteiger partial charge in [-0.15, -0.1) is 0 Å². The van der Waals surface area contributed by atoms with Crippen LogP contribution in [0.2, 0.25) is 0 Å². The van der Waals surface area contributed by atoms with Crippen LogP contribution in [0.4, 0.5) is 11.7 Å². The van der Waals surface area contributed by atoms with Gasteiger partial charge in [0.15, 0.2) is 11.5 Å². The van der Waals surface area contributed by atoms with E-state index in [1.807, 2.05) is 31.2 Å². The van der Waals surface area contributed by atoms with Crippen LogP contribution in [-0.4, -0.2) is 18.0 Å². The Balaban J connectivity index is 1.98. The minimum atomic E-state index is -0.651. The van der Waals surface area contributed by atoms with Gasteiger partial charge in [-0.1, -0.05) is 18.2 Å². The van der Waals surface area contributed by atoms with Crippen LogP contribution in [-0.2, 0) is 0 Å². The number of carbonyl (C=O) groups excluding carboxylic acids is 1. The smallest absolute Gasteiger partial charge is 0.300 e. The summed E-state index contributed by atoms with van der Waals surface area (Å²) in [4.78, 5) is 15.9. The highest BCUT2D eigenvalue weighted by Crippen LogP contribution is 2.30. The lowest BCUT2D eigenvalue weighted by atomic mass is 10.1. The lowest BCUT2D eigenvalue weighted by Crippen LogP contribution is -2.12. The van der Waals surface area contributed by atoms with Crippen molar-refractivity contribution in [1.82, 2.24) is 4.98 Å². The van der Waals surface area contributed by atoms with Gasteiger partial charge in [0.1, 0.15) is 5.75 Å². The predicted molar refractivity (Wildman–Crippen MR) is 91.5 cm³/mol. The van der Waals surface area contributed by atoms with E-state index in [2.05, 4.69) is 10.3 Å². The maximum absolute atomic E-state index is 11.7. The number of para-hydroxylation sites is 1. The Labute approximate surface area is 139 Å². The normalized spacial score (nSPS) is 10.4. The van der Waals surface area contributed by atoms with Crippen LogP contribution in [0, 0.1) is 6.92 Å². The highest BCUT2D eigenvalue weighted by atomic mass is 16.5. The van der Waals surface area contributed by atoms with Crippen molar-refractivity contribution in [1.29, 1.82) is 0 Å². The molecule has 1 heterocycles. The van der Waals surface area contributed by atoms with E-state index in [1.54, 1.807) is 31.4 Å². The molecule has 2 aromatic carbocycles. The quantitative estimate of drug-likeness (QED) is 0.750. The number of hydrogen-bond acceptors (Lipinski definition) is 5. The van der Waals surface area contributed by atoms with Crippen LogP contribution in [0.3, 0.4) is 0 Å². The first-order valence-corrected chi connectivity index (χ1v) is 7.36. The zero-order valence-corrected chi connectivity index (χ0v) is 13.4. The van der Waals surface area contributed by atoms with Gasteiger partial charge in [-0.25, -0.2) is 0 Å². The van der Waals surface area contributed by atoms with Crippen molar-refractivity contribution in [2.45, 2.75) is 6.92 Å². The highest BCUT2D eigenvalue weighted by molar-refractivity contribution is 5.97. The summed E-state index contributed by atoms with van der Waals surface area (Å²) in [6.45, 7) is 1.96. The molecule has 0 atom stereocenters. The third kappa shape index (κ3) is 3.08. The van der Waals surface area contributed by atoms with Crippen LogP contribution in [0.5, 0.6) is 5.75 Å². The molecule has 0 bridgehead atoms. The molecular weight excluding hydrogens is 306 g/mol. The van der Waals surface area contributed by atoms with Gasteiger partial charge in [0.05, 0.1) is 7.11 Å². The van der Waals surface area contributed by atoms with Gasteiger partial charge >= 0.3 is 0 Å². The van der Waals surface area contributed by atoms with Crippen molar-refractivity contribution >= 4 is 17.6 Å². The molecule has 0 spiro atoms. The second kappa shape index (κ2) is 6.45. The maximum Gasteiger partial charge on any atom is 0.300 e. The van der Waals surface area contributed by atoms with Gasteiger partial charge in [-0.2, -0.15) is 4.98 Å². The average molecular weight is 323 g/mol. The van der Waals surface area contributed by atoms with E-state index in [0.29, 0.717) is 17.1 Å². The Hall–Kier alpha value is -3.28. The number of carbonyl (C=O) groups is 1. The molecule has 0 aliphatic carbocycles. The number of amides is 1. The standard InChI is InChI=1S/C18H17N3O3/c1-11-5-3-4-6-14(11)20-18-21-15(17(19)22)16(24-18)12-7-9-13(23-2)10-8-12/h3-10H,1-2H3,(H2,19,22)(H,20,21). The molecule has 0 aliphatic heterocycles. The third-order valence-corrected chi connectivity index (χ3v) is 3.60. The molecule has 0 fully saturated rings. The topological polar surface area (TPSA) is 90.4 Å². The SMILES string of the molecule is COc1ccc(-c2oc(Nc3ccccc3C)nc2C(N)=O)cc1. The van der Waals surface area contributed by atoms with Crippen molar-refractivity contribution in [3.63, 3.8) is 0 Å². The Bertz CT molecular complexity index is 869. The van der Waals surface area contributed by atoms with Gasteiger partial charge in [0.25, 0.3) is 11.9 Å². The predicted octanol–water partition coefficient (Wildman–Crippen LogP) is 3.50. The molecule has 6 nitrogen and oxygen atoms in total. The molecule has 1 amide bonds. The molecule has 0 radical (unpaired) electrons. The van der Waals surface area contributed by atoms with E-state index in [0.717, 1.165) is 11.3 Å². The number of anilines is 2. The summed E-state index contributed by atoms with van der Waals surface area (Å²) in [5, 5.41) is 3.07. The summed E-state index contributed by atoms with van der Waals surface area (Å²) in [5.74, 6) is 0.376. The number of nitrogens with two attached hydrogens (primary N) is 1. The number of rotatable bonds is 5. The number of aryl methyl sites for hydroxylation is 1. The molecule has 3 rings (SSSR count). The monoisotopic (exact) mass is 323 g/mol. The number of hydrogen-bond donors (Lipinski definition) is 2. The Kier molecular flexibility index (Phi) is 4.20.